The van der Waals surface area contributed by atoms with Gasteiger partial charge in [-0.3, -0.25) is 14.3 Å². The quantitative estimate of drug-likeness (QED) is 0.539. The highest BCUT2D eigenvalue weighted by molar-refractivity contribution is 6.11. The van der Waals surface area contributed by atoms with Gasteiger partial charge in [-0.05, 0) is 19.9 Å². The number of carbonyl (C=O) groups excluding carboxylic acids is 2. The van der Waals surface area contributed by atoms with Crippen LogP contribution in [0.3, 0.4) is 0 Å². The first-order chi connectivity index (χ1) is 14.9. The molecule has 2 amide bonds. The first-order valence-electron chi connectivity index (χ1n) is 9.89. The number of benzene rings is 1. The third kappa shape index (κ3) is 3.65. The maximum Gasteiger partial charge on any atom is 0.273 e. The van der Waals surface area contributed by atoms with E-state index in [4.69, 9.17) is 0 Å². The van der Waals surface area contributed by atoms with E-state index in [-0.39, 0.29) is 5.91 Å². The van der Waals surface area contributed by atoms with Gasteiger partial charge in [0.25, 0.3) is 11.8 Å². The molecule has 0 atom stereocenters. The molecule has 4 aromatic rings. The van der Waals surface area contributed by atoms with E-state index in [1.807, 2.05) is 44.2 Å². The summed E-state index contributed by atoms with van der Waals surface area (Å²) in [6, 6.07) is 9.90. The second-order valence-corrected chi connectivity index (χ2v) is 7.37. The smallest absolute Gasteiger partial charge is 0.273 e. The molecule has 4 rings (SSSR count). The molecular weight excluding hydrogens is 394 g/mol. The number of anilines is 1. The van der Waals surface area contributed by atoms with Gasteiger partial charge in [-0.25, -0.2) is 9.50 Å². The standard InChI is InChI=1S/C22H23N7O2/c1-5-28-19(22(31)27(3)4)17(13-24-28)26-21(30)16-12-25-29-18(10-11-23-20(16)29)15-8-6-14(2)7-9-15/h6-13H,5H2,1-4H3,(H,26,30). The van der Waals surface area contributed by atoms with Crippen molar-refractivity contribution >= 4 is 23.1 Å². The van der Waals surface area contributed by atoms with E-state index in [9.17, 15) is 9.59 Å². The van der Waals surface area contributed by atoms with Gasteiger partial charge >= 0.3 is 0 Å². The highest BCUT2D eigenvalue weighted by atomic mass is 16.2. The molecule has 0 bridgehead atoms. The third-order valence-corrected chi connectivity index (χ3v) is 4.99. The predicted octanol–water partition coefficient (Wildman–Crippen LogP) is 2.88. The van der Waals surface area contributed by atoms with E-state index in [2.05, 4.69) is 20.5 Å². The normalized spacial score (nSPS) is 11.0. The number of fused-ring (bicyclic) bond motifs is 1. The van der Waals surface area contributed by atoms with Gasteiger partial charge in [0.2, 0.25) is 0 Å². The molecule has 0 unspecified atom stereocenters. The first kappa shape index (κ1) is 20.3. The maximum atomic E-state index is 13.1. The van der Waals surface area contributed by atoms with E-state index in [1.165, 1.54) is 17.3 Å². The van der Waals surface area contributed by atoms with Crippen molar-refractivity contribution in [1.29, 1.82) is 0 Å². The van der Waals surface area contributed by atoms with Crippen LogP contribution < -0.4 is 5.32 Å². The lowest BCUT2D eigenvalue weighted by molar-refractivity contribution is 0.0816. The second kappa shape index (κ2) is 8.02. The monoisotopic (exact) mass is 417 g/mol. The number of nitrogens with zero attached hydrogens (tertiary/aromatic N) is 6. The van der Waals surface area contributed by atoms with Crippen molar-refractivity contribution in [1.82, 2.24) is 29.3 Å². The van der Waals surface area contributed by atoms with Gasteiger partial charge in [0.1, 0.15) is 11.3 Å². The number of hydrogen-bond acceptors (Lipinski definition) is 5. The van der Waals surface area contributed by atoms with Crippen LogP contribution in [0.1, 0.15) is 33.3 Å². The van der Waals surface area contributed by atoms with E-state index >= 15 is 0 Å². The molecule has 3 heterocycles. The minimum absolute atomic E-state index is 0.241. The van der Waals surface area contributed by atoms with Gasteiger partial charge in [0, 0.05) is 32.4 Å². The van der Waals surface area contributed by atoms with Crippen LogP contribution in [-0.2, 0) is 6.54 Å². The Morgan fingerprint density at radius 3 is 2.48 bits per heavy atom. The Morgan fingerprint density at radius 1 is 1.06 bits per heavy atom. The van der Waals surface area contributed by atoms with Gasteiger partial charge in [0.15, 0.2) is 5.65 Å². The Bertz CT molecular complexity index is 1270. The maximum absolute atomic E-state index is 13.1. The van der Waals surface area contributed by atoms with Crippen LogP contribution in [0, 0.1) is 6.92 Å². The van der Waals surface area contributed by atoms with Gasteiger partial charge in [-0.1, -0.05) is 29.8 Å². The fourth-order valence-corrected chi connectivity index (χ4v) is 3.34. The molecule has 1 aromatic carbocycles. The topological polar surface area (TPSA) is 97.4 Å². The average molecular weight is 417 g/mol. The fourth-order valence-electron chi connectivity index (χ4n) is 3.34. The molecule has 0 fully saturated rings. The lowest BCUT2D eigenvalue weighted by Gasteiger charge is -2.13. The van der Waals surface area contributed by atoms with E-state index in [0.29, 0.717) is 29.1 Å². The molecule has 0 aliphatic carbocycles. The summed E-state index contributed by atoms with van der Waals surface area (Å²) in [5, 5.41) is 11.4. The zero-order chi connectivity index (χ0) is 22.1. The summed E-state index contributed by atoms with van der Waals surface area (Å²) in [6.45, 7) is 4.41. The summed E-state index contributed by atoms with van der Waals surface area (Å²) in [5.41, 5.74) is 4.36. The Hall–Kier alpha value is -4.01. The predicted molar refractivity (Wildman–Crippen MR) is 117 cm³/mol. The van der Waals surface area contributed by atoms with Crippen molar-refractivity contribution < 1.29 is 9.59 Å². The van der Waals surface area contributed by atoms with Crippen LogP contribution in [0.25, 0.3) is 16.9 Å². The van der Waals surface area contributed by atoms with Crippen LogP contribution in [0.2, 0.25) is 0 Å². The Labute approximate surface area is 179 Å². The molecule has 0 aliphatic rings. The van der Waals surface area contributed by atoms with E-state index < -0.39 is 5.91 Å². The fraction of sp³-hybridized carbons (Fsp3) is 0.227. The molecule has 1 N–H and O–H groups in total. The van der Waals surface area contributed by atoms with Gasteiger partial charge in [-0.2, -0.15) is 10.2 Å². The number of carbonyl (C=O) groups is 2. The minimum atomic E-state index is -0.410. The molecule has 0 saturated heterocycles. The molecule has 9 nitrogen and oxygen atoms in total. The van der Waals surface area contributed by atoms with Crippen LogP contribution in [0.4, 0.5) is 5.69 Å². The lowest BCUT2D eigenvalue weighted by atomic mass is 10.1. The second-order valence-electron chi connectivity index (χ2n) is 7.37. The van der Waals surface area contributed by atoms with Gasteiger partial charge in [0.05, 0.1) is 23.8 Å². The summed E-state index contributed by atoms with van der Waals surface area (Å²) in [5.74, 6) is -0.652. The van der Waals surface area contributed by atoms with Crippen LogP contribution >= 0.6 is 0 Å². The largest absolute Gasteiger partial charge is 0.343 e. The number of aromatic nitrogens is 5. The summed E-state index contributed by atoms with van der Waals surface area (Å²) >= 11 is 0. The Balaban J connectivity index is 1.70. The van der Waals surface area contributed by atoms with Crippen molar-refractivity contribution in [3.63, 3.8) is 0 Å². The number of rotatable bonds is 5. The Kier molecular flexibility index (Phi) is 5.24. The number of hydrogen-bond donors (Lipinski definition) is 1. The van der Waals surface area contributed by atoms with Crippen molar-refractivity contribution in [2.24, 2.45) is 0 Å². The molecule has 0 spiro atoms. The summed E-state index contributed by atoms with van der Waals surface area (Å²) in [7, 11) is 3.31. The molecule has 31 heavy (non-hydrogen) atoms. The number of nitrogens with one attached hydrogen (secondary N) is 1. The average Bonchev–Trinajstić information content (AvgIpc) is 3.37. The van der Waals surface area contributed by atoms with Gasteiger partial charge in [-0.15, -0.1) is 0 Å². The highest BCUT2D eigenvalue weighted by Crippen LogP contribution is 2.23. The molecule has 9 heteroatoms. The van der Waals surface area contributed by atoms with Crippen molar-refractivity contribution in [2.45, 2.75) is 20.4 Å². The summed E-state index contributed by atoms with van der Waals surface area (Å²) in [6.07, 6.45) is 4.61. The molecular formula is C22H23N7O2. The third-order valence-electron chi connectivity index (χ3n) is 4.99. The molecule has 0 aliphatic heterocycles. The summed E-state index contributed by atoms with van der Waals surface area (Å²) in [4.78, 5) is 31.5. The molecule has 3 aromatic heterocycles. The SMILES string of the molecule is CCn1ncc(NC(=O)c2cnn3c(-c4ccc(C)cc4)ccnc23)c1C(=O)N(C)C. The van der Waals surface area contributed by atoms with E-state index in [1.54, 1.807) is 29.5 Å². The van der Waals surface area contributed by atoms with Crippen LogP contribution in [-0.4, -0.2) is 55.2 Å². The van der Waals surface area contributed by atoms with Crippen LogP contribution in [0.15, 0.2) is 48.9 Å². The molecule has 0 saturated carbocycles. The zero-order valence-electron chi connectivity index (χ0n) is 17.8. The zero-order valence-corrected chi connectivity index (χ0v) is 17.8. The minimum Gasteiger partial charge on any atom is -0.343 e. The lowest BCUT2D eigenvalue weighted by Crippen LogP contribution is -2.26. The number of amides is 2. The van der Waals surface area contributed by atoms with Crippen molar-refractivity contribution in [3.05, 3.63) is 65.7 Å². The summed E-state index contributed by atoms with van der Waals surface area (Å²) < 4.78 is 3.20. The van der Waals surface area contributed by atoms with E-state index in [0.717, 1.165) is 16.8 Å². The van der Waals surface area contributed by atoms with Crippen molar-refractivity contribution in [2.75, 3.05) is 19.4 Å². The number of aryl methyl sites for hydroxylation is 2. The highest BCUT2D eigenvalue weighted by Gasteiger charge is 2.23. The molecule has 158 valence electrons. The first-order valence-corrected chi connectivity index (χ1v) is 9.89. The van der Waals surface area contributed by atoms with Gasteiger partial charge < -0.3 is 10.2 Å². The molecule has 0 radical (unpaired) electrons. The van der Waals surface area contributed by atoms with Crippen molar-refractivity contribution in [3.8, 4) is 11.3 Å². The Morgan fingerprint density at radius 2 is 1.81 bits per heavy atom. The van der Waals surface area contributed by atoms with Crippen LogP contribution in [0.5, 0.6) is 0 Å².